The van der Waals surface area contributed by atoms with Crippen LogP contribution in [0.15, 0.2) is 42.5 Å². The van der Waals surface area contributed by atoms with Crippen LogP contribution in [0.1, 0.15) is 56.1 Å². The molecule has 0 radical (unpaired) electrons. The van der Waals surface area contributed by atoms with Gasteiger partial charge in [-0.2, -0.15) is 0 Å². The van der Waals surface area contributed by atoms with Gasteiger partial charge in [0, 0.05) is 73.3 Å². The molecule has 2 aliphatic rings. The maximum atomic E-state index is 14.0. The van der Waals surface area contributed by atoms with E-state index in [4.69, 9.17) is 28.9 Å². The predicted molar refractivity (Wildman–Crippen MR) is 162 cm³/mol. The summed E-state index contributed by atoms with van der Waals surface area (Å²) in [7, 11) is 0. The largest absolute Gasteiger partial charge is 0.344 e. The number of hydrogen-bond donors (Lipinski definition) is 3. The number of benzene rings is 2. The average Bonchev–Trinajstić information content (AvgIpc) is 2.97. The van der Waals surface area contributed by atoms with Gasteiger partial charge in [-0.1, -0.05) is 66.7 Å². The Morgan fingerprint density at radius 1 is 1.00 bits per heavy atom. The van der Waals surface area contributed by atoms with E-state index >= 15 is 0 Å². The highest BCUT2D eigenvalue weighted by Gasteiger charge is 2.40. The SMILES string of the molecule is NCCC(=O)NC(Cc1ccc(Cl)cc1Cl)C(=O)N1CCN(C2(CCNCc3ccccc3F)CCCCC2)CC1. The molecule has 2 fully saturated rings. The third kappa shape index (κ3) is 8.64. The summed E-state index contributed by atoms with van der Waals surface area (Å²) in [5.41, 5.74) is 7.10. The quantitative estimate of drug-likeness (QED) is 0.309. The maximum Gasteiger partial charge on any atom is 0.245 e. The van der Waals surface area contributed by atoms with Crippen molar-refractivity contribution < 1.29 is 14.0 Å². The fraction of sp³-hybridized carbons (Fsp3) is 0.548. The van der Waals surface area contributed by atoms with Gasteiger partial charge in [0.15, 0.2) is 0 Å². The zero-order valence-electron chi connectivity index (χ0n) is 23.6. The lowest BCUT2D eigenvalue weighted by atomic mass is 9.77. The number of nitrogens with two attached hydrogens (primary N) is 1. The van der Waals surface area contributed by atoms with Gasteiger partial charge in [-0.25, -0.2) is 4.39 Å². The van der Waals surface area contributed by atoms with Gasteiger partial charge in [0.25, 0.3) is 0 Å². The summed E-state index contributed by atoms with van der Waals surface area (Å²) in [6.45, 7) is 4.30. The molecule has 224 valence electrons. The van der Waals surface area contributed by atoms with Crippen LogP contribution < -0.4 is 16.4 Å². The molecule has 41 heavy (non-hydrogen) atoms. The van der Waals surface area contributed by atoms with Crippen LogP contribution in [0.25, 0.3) is 0 Å². The normalized spacial score (nSPS) is 18.2. The molecule has 1 atom stereocenters. The molecule has 10 heteroatoms. The molecule has 0 aromatic heterocycles. The minimum absolute atomic E-state index is 0.0845. The first-order chi connectivity index (χ1) is 19.8. The summed E-state index contributed by atoms with van der Waals surface area (Å²) < 4.78 is 14.0. The Morgan fingerprint density at radius 2 is 1.73 bits per heavy atom. The van der Waals surface area contributed by atoms with Crippen LogP contribution in [0.5, 0.6) is 0 Å². The van der Waals surface area contributed by atoms with Crippen molar-refractivity contribution in [1.82, 2.24) is 20.4 Å². The fourth-order valence-electron chi connectivity index (χ4n) is 6.25. The lowest BCUT2D eigenvalue weighted by Gasteiger charge is -2.50. The minimum atomic E-state index is -0.731. The minimum Gasteiger partial charge on any atom is -0.344 e. The molecular weight excluding hydrogens is 564 g/mol. The molecule has 1 unspecified atom stereocenters. The van der Waals surface area contributed by atoms with E-state index in [1.54, 1.807) is 24.3 Å². The van der Waals surface area contributed by atoms with Crippen molar-refractivity contribution in [3.8, 4) is 0 Å². The van der Waals surface area contributed by atoms with E-state index in [1.807, 2.05) is 17.0 Å². The molecule has 0 spiro atoms. The van der Waals surface area contributed by atoms with Crippen molar-refractivity contribution in [2.45, 2.75) is 69.5 Å². The Morgan fingerprint density at radius 3 is 2.41 bits per heavy atom. The van der Waals surface area contributed by atoms with Crippen LogP contribution in [0.4, 0.5) is 4.39 Å². The summed E-state index contributed by atoms with van der Waals surface area (Å²) in [6, 6.07) is 11.3. The van der Waals surface area contributed by atoms with Crippen molar-refractivity contribution in [2.75, 3.05) is 39.3 Å². The number of nitrogens with zero attached hydrogens (tertiary/aromatic N) is 2. The van der Waals surface area contributed by atoms with Crippen molar-refractivity contribution in [3.05, 3.63) is 69.5 Å². The average molecular weight is 607 g/mol. The zero-order valence-corrected chi connectivity index (χ0v) is 25.2. The smallest absolute Gasteiger partial charge is 0.245 e. The van der Waals surface area contributed by atoms with Crippen molar-refractivity contribution in [2.24, 2.45) is 5.73 Å². The topological polar surface area (TPSA) is 90.7 Å². The first-order valence-electron chi connectivity index (χ1n) is 14.7. The highest BCUT2D eigenvalue weighted by Crippen LogP contribution is 2.37. The zero-order chi connectivity index (χ0) is 29.2. The number of hydrogen-bond acceptors (Lipinski definition) is 5. The van der Waals surface area contributed by atoms with Crippen molar-refractivity contribution in [3.63, 3.8) is 0 Å². The lowest BCUT2D eigenvalue weighted by Crippen LogP contribution is -2.61. The molecule has 2 aromatic carbocycles. The van der Waals surface area contributed by atoms with E-state index < -0.39 is 6.04 Å². The molecule has 7 nitrogen and oxygen atoms in total. The summed E-state index contributed by atoms with van der Waals surface area (Å²) >= 11 is 12.5. The van der Waals surface area contributed by atoms with E-state index in [2.05, 4.69) is 15.5 Å². The second kappa shape index (κ2) is 15.3. The van der Waals surface area contributed by atoms with Crippen LogP contribution in [-0.4, -0.2) is 72.5 Å². The number of rotatable bonds is 12. The summed E-state index contributed by atoms with van der Waals surface area (Å²) in [4.78, 5) is 30.6. The second-order valence-electron chi connectivity index (χ2n) is 11.2. The van der Waals surface area contributed by atoms with Gasteiger partial charge in [-0.15, -0.1) is 0 Å². The Kier molecular flexibility index (Phi) is 11.8. The summed E-state index contributed by atoms with van der Waals surface area (Å²) in [5.74, 6) is -0.534. The number of nitrogens with one attached hydrogen (secondary N) is 2. The van der Waals surface area contributed by atoms with E-state index in [9.17, 15) is 14.0 Å². The molecule has 1 aliphatic carbocycles. The van der Waals surface area contributed by atoms with E-state index in [1.165, 1.54) is 25.3 Å². The third-order valence-corrected chi connectivity index (χ3v) is 9.12. The van der Waals surface area contributed by atoms with Gasteiger partial charge in [0.2, 0.25) is 11.8 Å². The highest BCUT2D eigenvalue weighted by atomic mass is 35.5. The van der Waals surface area contributed by atoms with Crippen molar-refractivity contribution >= 4 is 35.0 Å². The van der Waals surface area contributed by atoms with Gasteiger partial charge in [-0.3, -0.25) is 14.5 Å². The van der Waals surface area contributed by atoms with Crippen LogP contribution in [0.3, 0.4) is 0 Å². The van der Waals surface area contributed by atoms with Crippen LogP contribution in [0.2, 0.25) is 10.0 Å². The monoisotopic (exact) mass is 605 g/mol. The molecule has 2 aromatic rings. The maximum absolute atomic E-state index is 14.0. The Hall–Kier alpha value is -2.23. The molecule has 1 heterocycles. The van der Waals surface area contributed by atoms with Gasteiger partial charge in [-0.05, 0) is 49.6 Å². The summed E-state index contributed by atoms with van der Waals surface area (Å²) in [6.07, 6.45) is 7.34. The van der Waals surface area contributed by atoms with Gasteiger partial charge in [0.1, 0.15) is 11.9 Å². The van der Waals surface area contributed by atoms with E-state index in [0.717, 1.165) is 44.5 Å². The van der Waals surface area contributed by atoms with Gasteiger partial charge < -0.3 is 21.3 Å². The third-order valence-electron chi connectivity index (χ3n) is 8.53. The van der Waals surface area contributed by atoms with Crippen LogP contribution >= 0.6 is 23.2 Å². The number of carbonyl (C=O) groups excluding carboxylic acids is 2. The molecule has 0 bridgehead atoms. The fourth-order valence-corrected chi connectivity index (χ4v) is 6.73. The molecule has 2 amide bonds. The Bertz CT molecular complexity index is 1170. The van der Waals surface area contributed by atoms with Crippen molar-refractivity contribution in [1.29, 1.82) is 0 Å². The van der Waals surface area contributed by atoms with Gasteiger partial charge >= 0.3 is 0 Å². The Labute approximate surface area is 252 Å². The van der Waals surface area contributed by atoms with Crippen LogP contribution in [-0.2, 0) is 22.6 Å². The predicted octanol–water partition coefficient (Wildman–Crippen LogP) is 4.54. The molecule has 4 rings (SSSR count). The number of piperazine rings is 1. The molecule has 1 saturated heterocycles. The summed E-state index contributed by atoms with van der Waals surface area (Å²) in [5, 5.41) is 7.33. The molecule has 4 N–H and O–H groups in total. The van der Waals surface area contributed by atoms with Gasteiger partial charge in [0.05, 0.1) is 0 Å². The second-order valence-corrected chi connectivity index (χ2v) is 12.1. The van der Waals surface area contributed by atoms with Crippen LogP contribution in [0, 0.1) is 5.82 Å². The molecule has 1 aliphatic heterocycles. The number of carbonyl (C=O) groups is 2. The molecule has 1 saturated carbocycles. The highest BCUT2D eigenvalue weighted by molar-refractivity contribution is 6.35. The first-order valence-corrected chi connectivity index (χ1v) is 15.5. The van der Waals surface area contributed by atoms with E-state index in [0.29, 0.717) is 35.2 Å². The number of amides is 2. The Balaban J connectivity index is 1.37. The lowest BCUT2D eigenvalue weighted by molar-refractivity contribution is -0.139. The molecular formula is C31H42Cl2FN5O2. The standard InChI is InChI=1S/C31H42Cl2FN5O2/c32-25-9-8-23(26(33)21-25)20-28(37-29(40)10-14-35)30(41)38-16-18-39(19-17-38)31(11-4-1-5-12-31)13-15-36-22-24-6-2-3-7-27(24)34/h2-3,6-9,21,28,36H,1,4-5,10-20,22,35H2,(H,37,40). The first kappa shape index (κ1) is 31.7. The number of halogens is 3. The van der Waals surface area contributed by atoms with E-state index in [-0.39, 0.29) is 42.6 Å².